The highest BCUT2D eigenvalue weighted by atomic mass is 19.1. The third-order valence-electron chi connectivity index (χ3n) is 5.53. The fourth-order valence-electron chi connectivity index (χ4n) is 3.74. The highest BCUT2D eigenvalue weighted by Gasteiger charge is 2.42. The molecule has 6 heteroatoms. The second kappa shape index (κ2) is 10.2. The van der Waals surface area contributed by atoms with E-state index >= 15 is 0 Å². The zero-order chi connectivity index (χ0) is 22.4. The fourth-order valence-corrected chi connectivity index (χ4v) is 3.74. The van der Waals surface area contributed by atoms with Gasteiger partial charge in [0.25, 0.3) is 5.91 Å². The second-order valence-corrected chi connectivity index (χ2v) is 7.35. The lowest BCUT2D eigenvalue weighted by Gasteiger charge is -2.29. The van der Waals surface area contributed by atoms with Crippen molar-refractivity contribution in [3.8, 4) is 0 Å². The fraction of sp³-hybridized carbons (Fsp3) is 0.280. The smallest absolute Gasteiger partial charge is 0.290 e. The first-order chi connectivity index (χ1) is 15.0. The molecule has 0 saturated heterocycles. The molecule has 3 rings (SSSR count). The van der Waals surface area contributed by atoms with Crippen LogP contribution >= 0.6 is 0 Å². The zero-order valence-corrected chi connectivity index (χ0v) is 17.8. The van der Waals surface area contributed by atoms with Crippen LogP contribution in [0.3, 0.4) is 0 Å². The molecule has 0 aromatic heterocycles. The Hall–Kier alpha value is -3.25. The van der Waals surface area contributed by atoms with E-state index in [1.165, 1.54) is 23.1 Å². The molecule has 0 saturated carbocycles. The molecule has 0 fully saturated rings. The number of carbonyl (C=O) groups is 2. The number of amides is 1. The maximum absolute atomic E-state index is 13.5. The Labute approximate surface area is 182 Å². The van der Waals surface area contributed by atoms with Gasteiger partial charge in [-0.2, -0.15) is 0 Å². The van der Waals surface area contributed by atoms with Crippen molar-refractivity contribution in [2.75, 3.05) is 26.2 Å². The van der Waals surface area contributed by atoms with Crippen molar-refractivity contribution in [3.63, 3.8) is 0 Å². The molecular formula is C25H27FN2O3. The molecule has 0 unspecified atom stereocenters. The summed E-state index contributed by atoms with van der Waals surface area (Å²) < 4.78 is 13.5. The van der Waals surface area contributed by atoms with E-state index < -0.39 is 29.3 Å². The van der Waals surface area contributed by atoms with Crippen molar-refractivity contribution in [3.05, 3.63) is 88.9 Å². The van der Waals surface area contributed by atoms with Crippen LogP contribution in [0.4, 0.5) is 4.39 Å². The van der Waals surface area contributed by atoms with Gasteiger partial charge in [0, 0.05) is 13.1 Å². The lowest BCUT2D eigenvalue weighted by molar-refractivity contribution is -0.129. The molecule has 2 aromatic rings. The first-order valence-electron chi connectivity index (χ1n) is 10.5. The molecule has 0 aliphatic carbocycles. The van der Waals surface area contributed by atoms with Crippen LogP contribution in [0, 0.1) is 5.82 Å². The number of carbonyl (C=O) groups excluding carboxylic acids is 2. The van der Waals surface area contributed by atoms with Crippen molar-refractivity contribution in [2.45, 2.75) is 19.9 Å². The second-order valence-electron chi connectivity index (χ2n) is 7.35. The lowest BCUT2D eigenvalue weighted by Crippen LogP contribution is -2.38. The van der Waals surface area contributed by atoms with E-state index in [0.717, 1.165) is 18.7 Å². The summed E-state index contributed by atoms with van der Waals surface area (Å²) in [5.41, 5.74) is 1.43. The third kappa shape index (κ3) is 5.09. The van der Waals surface area contributed by atoms with E-state index in [1.807, 2.05) is 44.2 Å². The van der Waals surface area contributed by atoms with Crippen molar-refractivity contribution >= 4 is 17.8 Å². The van der Waals surface area contributed by atoms with Crippen LogP contribution in [-0.2, 0) is 9.59 Å². The van der Waals surface area contributed by atoms with E-state index in [1.54, 1.807) is 18.2 Å². The monoisotopic (exact) mass is 422 g/mol. The third-order valence-corrected chi connectivity index (χ3v) is 5.53. The summed E-state index contributed by atoms with van der Waals surface area (Å²) in [6, 6.07) is 14.2. The predicted octanol–water partition coefficient (Wildman–Crippen LogP) is 4.15. The highest BCUT2D eigenvalue weighted by molar-refractivity contribution is 6.14. The molecule has 2 aromatic carbocycles. The van der Waals surface area contributed by atoms with Gasteiger partial charge < -0.3 is 14.9 Å². The average molecular weight is 423 g/mol. The summed E-state index contributed by atoms with van der Waals surface area (Å²) in [6.45, 7) is 6.66. The molecule has 0 spiro atoms. The van der Waals surface area contributed by atoms with Crippen molar-refractivity contribution < 1.29 is 19.1 Å². The number of aliphatic hydroxyl groups is 1. The minimum absolute atomic E-state index is 0.0170. The van der Waals surface area contributed by atoms with Crippen LogP contribution in [0.1, 0.15) is 31.0 Å². The van der Waals surface area contributed by atoms with E-state index in [-0.39, 0.29) is 5.57 Å². The number of aliphatic hydroxyl groups excluding tert-OH is 1. The Balaban J connectivity index is 1.94. The van der Waals surface area contributed by atoms with Gasteiger partial charge in [0.05, 0.1) is 11.6 Å². The average Bonchev–Trinajstić information content (AvgIpc) is 3.04. The van der Waals surface area contributed by atoms with Gasteiger partial charge >= 0.3 is 0 Å². The molecule has 1 aliphatic heterocycles. The number of ketones is 1. The largest absolute Gasteiger partial charge is 0.503 e. The summed E-state index contributed by atoms with van der Waals surface area (Å²) in [5.74, 6) is -1.99. The molecule has 1 N–H and O–H groups in total. The number of likely N-dealkylation sites (N-methyl/N-ethyl adjacent to an activating group) is 1. The molecule has 0 radical (unpaired) electrons. The number of benzene rings is 2. The van der Waals surface area contributed by atoms with Gasteiger partial charge in [0.2, 0.25) is 0 Å². The first-order valence-corrected chi connectivity index (χ1v) is 10.5. The van der Waals surface area contributed by atoms with Crippen molar-refractivity contribution in [2.24, 2.45) is 0 Å². The standard InChI is InChI=1S/C25H27FN2O3/c1-3-27(4-2)16-17-28-23(19-11-13-20(26)14-12-19)22(24(30)25(28)31)21(29)15-10-18-8-6-5-7-9-18/h5-15,23,30H,3-4,16-17H2,1-2H3/b15-10+/t23-/m1/s1. The normalized spacial score (nSPS) is 16.7. The Morgan fingerprint density at radius 1 is 1.10 bits per heavy atom. The van der Waals surface area contributed by atoms with Gasteiger partial charge in [-0.15, -0.1) is 0 Å². The topological polar surface area (TPSA) is 60.9 Å². The van der Waals surface area contributed by atoms with Gasteiger partial charge in [-0.05, 0) is 42.4 Å². The molecule has 1 aliphatic rings. The zero-order valence-electron chi connectivity index (χ0n) is 17.8. The summed E-state index contributed by atoms with van der Waals surface area (Å²) in [6.07, 6.45) is 3.01. The lowest BCUT2D eigenvalue weighted by atomic mass is 9.95. The molecule has 31 heavy (non-hydrogen) atoms. The van der Waals surface area contributed by atoms with Gasteiger partial charge in [0.1, 0.15) is 5.82 Å². The quantitative estimate of drug-likeness (QED) is 0.617. The number of hydrogen-bond acceptors (Lipinski definition) is 4. The maximum Gasteiger partial charge on any atom is 0.290 e. The van der Waals surface area contributed by atoms with E-state index in [9.17, 15) is 19.1 Å². The minimum atomic E-state index is -0.767. The summed E-state index contributed by atoms with van der Waals surface area (Å²) in [7, 11) is 0. The van der Waals surface area contributed by atoms with E-state index in [2.05, 4.69) is 4.90 Å². The van der Waals surface area contributed by atoms with Crippen LogP contribution in [0.15, 0.2) is 72.0 Å². The molecule has 1 atom stereocenters. The summed E-state index contributed by atoms with van der Waals surface area (Å²) >= 11 is 0. The highest BCUT2D eigenvalue weighted by Crippen LogP contribution is 2.37. The Morgan fingerprint density at radius 2 is 1.74 bits per heavy atom. The summed E-state index contributed by atoms with van der Waals surface area (Å²) in [5, 5.41) is 10.6. The number of hydrogen-bond donors (Lipinski definition) is 1. The van der Waals surface area contributed by atoms with Crippen LogP contribution in [0.25, 0.3) is 6.08 Å². The van der Waals surface area contributed by atoms with Gasteiger partial charge in [0.15, 0.2) is 11.5 Å². The van der Waals surface area contributed by atoms with Crippen LogP contribution in [-0.4, -0.2) is 52.8 Å². The molecule has 0 bridgehead atoms. The van der Waals surface area contributed by atoms with Gasteiger partial charge in [-0.3, -0.25) is 9.59 Å². The van der Waals surface area contributed by atoms with Crippen LogP contribution in [0.5, 0.6) is 0 Å². The number of rotatable bonds is 9. The Morgan fingerprint density at radius 3 is 2.35 bits per heavy atom. The Kier molecular flexibility index (Phi) is 7.36. The van der Waals surface area contributed by atoms with Gasteiger partial charge in [-0.1, -0.05) is 62.4 Å². The van der Waals surface area contributed by atoms with Gasteiger partial charge in [-0.25, -0.2) is 4.39 Å². The number of halogens is 1. The van der Waals surface area contributed by atoms with E-state index in [4.69, 9.17) is 0 Å². The predicted molar refractivity (Wildman–Crippen MR) is 119 cm³/mol. The van der Waals surface area contributed by atoms with E-state index in [0.29, 0.717) is 18.7 Å². The number of allylic oxidation sites excluding steroid dienone is 1. The van der Waals surface area contributed by atoms with Crippen molar-refractivity contribution in [1.29, 1.82) is 0 Å². The number of nitrogens with zero attached hydrogens (tertiary/aromatic N) is 2. The molecule has 1 heterocycles. The molecule has 1 amide bonds. The molecular weight excluding hydrogens is 395 g/mol. The Bertz CT molecular complexity index is 980. The SMILES string of the molecule is CCN(CC)CCN1C(=O)C(O)=C(C(=O)/C=C/c2ccccc2)[C@H]1c1ccc(F)cc1. The first kappa shape index (κ1) is 22.4. The van der Waals surface area contributed by atoms with Crippen molar-refractivity contribution in [1.82, 2.24) is 9.80 Å². The maximum atomic E-state index is 13.5. The molecule has 5 nitrogen and oxygen atoms in total. The molecule has 162 valence electrons. The summed E-state index contributed by atoms with van der Waals surface area (Å²) in [4.78, 5) is 29.6. The minimum Gasteiger partial charge on any atom is -0.503 e. The van der Waals surface area contributed by atoms with Crippen LogP contribution < -0.4 is 0 Å². The van der Waals surface area contributed by atoms with Crippen LogP contribution in [0.2, 0.25) is 0 Å².